The van der Waals surface area contributed by atoms with Gasteiger partial charge < -0.3 is 0 Å². The molecule has 0 aliphatic heterocycles. The van der Waals surface area contributed by atoms with Crippen LogP contribution in [0.1, 0.15) is 31.8 Å². The lowest BCUT2D eigenvalue weighted by Crippen LogP contribution is -2.05. The van der Waals surface area contributed by atoms with Gasteiger partial charge in [-0.1, -0.05) is 104 Å². The minimum absolute atomic E-state index is 0.0748. The fourth-order valence-corrected chi connectivity index (χ4v) is 5.34. The van der Waals surface area contributed by atoms with E-state index in [2.05, 4.69) is 31.9 Å². The highest BCUT2D eigenvalue weighted by atomic mass is 79.9. The van der Waals surface area contributed by atoms with Crippen molar-refractivity contribution in [3.05, 3.63) is 128 Å². The van der Waals surface area contributed by atoms with Gasteiger partial charge >= 0.3 is 0 Å². The number of carbonyl (C=O) groups excluding carboxylic acids is 2. The van der Waals surface area contributed by atoms with Crippen molar-refractivity contribution < 1.29 is 9.59 Å². The van der Waals surface area contributed by atoms with Crippen LogP contribution >= 0.6 is 43.6 Å². The van der Waals surface area contributed by atoms with Crippen molar-refractivity contribution in [2.45, 2.75) is 22.6 Å². The number of carbonyl (C=O) groups is 2. The summed E-state index contributed by atoms with van der Waals surface area (Å²) in [6.45, 7) is 0. The Balaban J connectivity index is 1.61. The monoisotopic (exact) mass is 578 g/mol. The summed E-state index contributed by atoms with van der Waals surface area (Å²) in [5, 5.41) is 0. The zero-order valence-electron chi connectivity index (χ0n) is 17.6. The topological polar surface area (TPSA) is 34.1 Å². The van der Waals surface area contributed by atoms with E-state index in [1.165, 1.54) is 0 Å². The molecule has 4 aromatic carbocycles. The lowest BCUT2D eigenvalue weighted by atomic mass is 10.0. The van der Waals surface area contributed by atoms with Gasteiger partial charge in [0.2, 0.25) is 0 Å². The largest absolute Gasteiger partial charge is 0.294 e. The van der Waals surface area contributed by atoms with Crippen LogP contribution in [-0.4, -0.2) is 11.6 Å². The second kappa shape index (κ2) is 11.1. The van der Waals surface area contributed by atoms with Crippen molar-refractivity contribution in [1.82, 2.24) is 0 Å². The maximum atomic E-state index is 12.9. The van der Waals surface area contributed by atoms with Gasteiger partial charge in [0.15, 0.2) is 11.6 Å². The Morgan fingerprint density at radius 1 is 0.576 bits per heavy atom. The van der Waals surface area contributed by atoms with E-state index in [1.54, 1.807) is 11.8 Å². The molecule has 0 radical (unpaired) electrons. The van der Waals surface area contributed by atoms with Crippen LogP contribution in [0.5, 0.6) is 0 Å². The molecule has 0 aliphatic carbocycles. The number of rotatable bonds is 8. The summed E-state index contributed by atoms with van der Waals surface area (Å²) in [4.78, 5) is 27.7. The first kappa shape index (κ1) is 23.7. The number of Topliss-reactive ketones (excluding diaryl/α,β-unsaturated/α-hetero) is 2. The molecule has 0 aromatic heterocycles. The maximum absolute atomic E-state index is 12.9. The molecule has 0 bridgehead atoms. The van der Waals surface area contributed by atoms with Gasteiger partial charge in [-0.2, -0.15) is 0 Å². The summed E-state index contributed by atoms with van der Waals surface area (Å²) in [7, 11) is 0. The van der Waals surface area contributed by atoms with Gasteiger partial charge in [0, 0.05) is 42.7 Å². The van der Waals surface area contributed by atoms with Crippen molar-refractivity contribution in [3.63, 3.8) is 0 Å². The summed E-state index contributed by atoms with van der Waals surface area (Å²) in [6.07, 6.45) is 0.612. The molecule has 0 saturated heterocycles. The molecule has 0 saturated carbocycles. The van der Waals surface area contributed by atoms with E-state index < -0.39 is 0 Å². The zero-order chi connectivity index (χ0) is 23.2. The molecule has 0 spiro atoms. The van der Waals surface area contributed by atoms with Gasteiger partial charge in [0.05, 0.1) is 0 Å². The van der Waals surface area contributed by atoms with E-state index in [4.69, 9.17) is 0 Å². The highest BCUT2D eigenvalue weighted by molar-refractivity contribution is 9.10. The van der Waals surface area contributed by atoms with Crippen LogP contribution in [0, 0.1) is 0 Å². The second-order valence-electron chi connectivity index (χ2n) is 7.54. The van der Waals surface area contributed by atoms with Gasteiger partial charge in [-0.05, 0) is 47.5 Å². The van der Waals surface area contributed by atoms with Crippen molar-refractivity contribution in [3.8, 4) is 0 Å². The van der Waals surface area contributed by atoms with Crippen LogP contribution in [0.2, 0.25) is 0 Å². The molecule has 2 nitrogen and oxygen atoms in total. The van der Waals surface area contributed by atoms with Crippen molar-refractivity contribution in [2.75, 3.05) is 0 Å². The fraction of sp³-hybridized carbons (Fsp3) is 0.0714. The molecule has 0 atom stereocenters. The average molecular weight is 580 g/mol. The lowest BCUT2D eigenvalue weighted by molar-refractivity contribution is 0.0984. The normalized spacial score (nSPS) is 10.7. The highest BCUT2D eigenvalue weighted by Gasteiger charge is 2.16. The minimum atomic E-state index is 0.0748. The Morgan fingerprint density at radius 2 is 0.970 bits per heavy atom. The van der Waals surface area contributed by atoms with Crippen LogP contribution in [0.4, 0.5) is 0 Å². The predicted molar refractivity (Wildman–Crippen MR) is 141 cm³/mol. The number of halogens is 2. The molecule has 0 heterocycles. The van der Waals surface area contributed by atoms with E-state index in [9.17, 15) is 9.59 Å². The van der Waals surface area contributed by atoms with E-state index in [1.807, 2.05) is 97.1 Å². The molecular weight excluding hydrogens is 560 g/mol. The third-order valence-electron chi connectivity index (χ3n) is 5.16. The predicted octanol–water partition coefficient (Wildman–Crippen LogP) is 8.21. The van der Waals surface area contributed by atoms with Crippen LogP contribution < -0.4 is 0 Å². The van der Waals surface area contributed by atoms with Gasteiger partial charge in [0.25, 0.3) is 0 Å². The molecule has 0 unspecified atom stereocenters. The Kier molecular flexibility index (Phi) is 7.97. The summed E-state index contributed by atoms with van der Waals surface area (Å²) >= 11 is 8.66. The maximum Gasteiger partial charge on any atom is 0.167 e. The zero-order valence-corrected chi connectivity index (χ0v) is 21.6. The third kappa shape index (κ3) is 6.32. The smallest absolute Gasteiger partial charge is 0.167 e. The Hall–Kier alpha value is -2.47. The van der Waals surface area contributed by atoms with Crippen LogP contribution in [0.3, 0.4) is 0 Å². The molecule has 4 aromatic rings. The van der Waals surface area contributed by atoms with Crippen LogP contribution in [-0.2, 0) is 12.8 Å². The summed E-state index contributed by atoms with van der Waals surface area (Å²) < 4.78 is 1.86. The highest BCUT2D eigenvalue weighted by Crippen LogP contribution is 2.36. The number of hydrogen-bond acceptors (Lipinski definition) is 3. The third-order valence-corrected chi connectivity index (χ3v) is 7.38. The molecule has 4 rings (SSSR count). The summed E-state index contributed by atoms with van der Waals surface area (Å²) in [5.74, 6) is 0.150. The molecular formula is C28H20Br2O2S. The standard InChI is InChI=1S/C28H20Br2O2S/c29-23-11-13-27(21(15-23)17-25(31)19-7-3-1-4-8-19)33-28-14-12-24(30)16-22(28)18-26(32)20-9-5-2-6-10-20/h1-16H,17-18H2. The fourth-order valence-electron chi connectivity index (χ4n) is 3.49. The average Bonchev–Trinajstić information content (AvgIpc) is 2.83. The quantitative estimate of drug-likeness (QED) is 0.197. The molecule has 33 heavy (non-hydrogen) atoms. The number of ketones is 2. The minimum Gasteiger partial charge on any atom is -0.294 e. The van der Waals surface area contributed by atoms with Gasteiger partial charge in [-0.15, -0.1) is 0 Å². The lowest BCUT2D eigenvalue weighted by Gasteiger charge is -2.13. The Bertz CT molecular complexity index is 1190. The molecule has 5 heteroatoms. The SMILES string of the molecule is O=C(Cc1cc(Br)ccc1Sc1ccc(Br)cc1CC(=O)c1ccccc1)c1ccccc1. The van der Waals surface area contributed by atoms with Crippen molar-refractivity contribution in [2.24, 2.45) is 0 Å². The second-order valence-corrected chi connectivity index (χ2v) is 10.5. The van der Waals surface area contributed by atoms with Crippen LogP contribution in [0.15, 0.2) is 116 Å². The number of hydrogen-bond donors (Lipinski definition) is 0. The molecule has 0 N–H and O–H groups in total. The Labute approximate surface area is 214 Å². The first-order valence-electron chi connectivity index (χ1n) is 10.4. The first-order chi connectivity index (χ1) is 16.0. The summed E-state index contributed by atoms with van der Waals surface area (Å²) in [6, 6.07) is 30.7. The van der Waals surface area contributed by atoms with E-state index in [-0.39, 0.29) is 11.6 Å². The van der Waals surface area contributed by atoms with Gasteiger partial charge in [-0.25, -0.2) is 0 Å². The van der Waals surface area contributed by atoms with Gasteiger partial charge in [-0.3, -0.25) is 9.59 Å². The Morgan fingerprint density at radius 3 is 1.36 bits per heavy atom. The van der Waals surface area contributed by atoms with E-state index in [0.29, 0.717) is 24.0 Å². The summed E-state index contributed by atoms with van der Waals surface area (Å²) in [5.41, 5.74) is 3.30. The van der Waals surface area contributed by atoms with Crippen molar-refractivity contribution in [1.29, 1.82) is 0 Å². The first-order valence-corrected chi connectivity index (χ1v) is 12.8. The molecule has 164 valence electrons. The van der Waals surface area contributed by atoms with Crippen molar-refractivity contribution >= 4 is 55.2 Å². The van der Waals surface area contributed by atoms with E-state index >= 15 is 0 Å². The number of benzene rings is 4. The molecule has 0 aliphatic rings. The van der Waals surface area contributed by atoms with Gasteiger partial charge in [0.1, 0.15) is 0 Å². The molecule has 0 fully saturated rings. The van der Waals surface area contributed by atoms with E-state index in [0.717, 1.165) is 29.9 Å². The van der Waals surface area contributed by atoms with Crippen LogP contribution in [0.25, 0.3) is 0 Å². The molecule has 0 amide bonds.